The Bertz CT molecular complexity index is 215. The summed E-state index contributed by atoms with van der Waals surface area (Å²) in [6, 6.07) is 0.424. The lowest BCUT2D eigenvalue weighted by Gasteiger charge is -2.33. The summed E-state index contributed by atoms with van der Waals surface area (Å²) in [5, 5.41) is 3.38. The molecule has 0 bridgehead atoms. The van der Waals surface area contributed by atoms with Gasteiger partial charge in [-0.1, -0.05) is 19.8 Å². The van der Waals surface area contributed by atoms with Crippen LogP contribution in [0.3, 0.4) is 0 Å². The van der Waals surface area contributed by atoms with Crippen LogP contribution >= 0.6 is 0 Å². The van der Waals surface area contributed by atoms with E-state index >= 15 is 0 Å². The van der Waals surface area contributed by atoms with Gasteiger partial charge in [0.05, 0.1) is 6.61 Å². The van der Waals surface area contributed by atoms with Crippen molar-refractivity contribution in [2.24, 2.45) is 5.73 Å². The molecule has 1 rings (SSSR count). The van der Waals surface area contributed by atoms with Crippen LogP contribution in [0.1, 0.15) is 39.0 Å². The van der Waals surface area contributed by atoms with E-state index in [0.717, 1.165) is 12.8 Å². The lowest BCUT2D eigenvalue weighted by molar-refractivity contribution is -0.127. The van der Waals surface area contributed by atoms with Crippen molar-refractivity contribution in [3.63, 3.8) is 0 Å². The van der Waals surface area contributed by atoms with Gasteiger partial charge in [0.1, 0.15) is 5.54 Å². The number of rotatable bonds is 6. The summed E-state index contributed by atoms with van der Waals surface area (Å²) in [5.74, 6) is -0.307. The molecule has 1 unspecified atom stereocenters. The van der Waals surface area contributed by atoms with Gasteiger partial charge in [-0.25, -0.2) is 0 Å². The number of carbonyl (C=O) groups is 1. The zero-order valence-corrected chi connectivity index (χ0v) is 9.71. The van der Waals surface area contributed by atoms with Crippen molar-refractivity contribution >= 4 is 5.91 Å². The fourth-order valence-electron chi connectivity index (χ4n) is 2.27. The van der Waals surface area contributed by atoms with Crippen molar-refractivity contribution in [2.45, 2.75) is 50.6 Å². The summed E-state index contributed by atoms with van der Waals surface area (Å²) in [6.07, 6.45) is 5.43. The van der Waals surface area contributed by atoms with Gasteiger partial charge in [0.2, 0.25) is 5.91 Å². The lowest BCUT2D eigenvalue weighted by Crippen LogP contribution is -2.60. The lowest BCUT2D eigenvalue weighted by atomic mass is 9.94. The molecule has 15 heavy (non-hydrogen) atoms. The van der Waals surface area contributed by atoms with Gasteiger partial charge in [-0.05, 0) is 19.3 Å². The third kappa shape index (κ3) is 2.92. The van der Waals surface area contributed by atoms with E-state index in [1.807, 2.05) is 6.92 Å². The molecule has 0 aliphatic heterocycles. The van der Waals surface area contributed by atoms with Gasteiger partial charge in [0, 0.05) is 13.2 Å². The maximum absolute atomic E-state index is 11.5. The van der Waals surface area contributed by atoms with E-state index in [9.17, 15) is 4.79 Å². The molecular weight excluding hydrogens is 192 g/mol. The zero-order valence-electron chi connectivity index (χ0n) is 9.71. The van der Waals surface area contributed by atoms with Gasteiger partial charge in [-0.2, -0.15) is 0 Å². The Balaban J connectivity index is 2.64. The third-order valence-corrected chi connectivity index (χ3v) is 3.30. The van der Waals surface area contributed by atoms with Crippen LogP contribution in [0, 0.1) is 0 Å². The second-order valence-electron chi connectivity index (χ2n) is 4.36. The van der Waals surface area contributed by atoms with Gasteiger partial charge in [-0.3, -0.25) is 10.1 Å². The molecule has 1 atom stereocenters. The first-order valence-electron chi connectivity index (χ1n) is 5.71. The van der Waals surface area contributed by atoms with Crippen LogP contribution in [-0.2, 0) is 9.53 Å². The maximum Gasteiger partial charge on any atom is 0.240 e. The minimum atomic E-state index is -0.677. The highest BCUT2D eigenvalue weighted by Gasteiger charge is 2.37. The Morgan fingerprint density at radius 1 is 1.53 bits per heavy atom. The quantitative estimate of drug-likeness (QED) is 0.687. The molecule has 0 heterocycles. The Kier molecular flexibility index (Phi) is 4.54. The average molecular weight is 214 g/mol. The average Bonchev–Trinajstić information content (AvgIpc) is 2.69. The van der Waals surface area contributed by atoms with Crippen molar-refractivity contribution in [3.8, 4) is 0 Å². The molecule has 0 aromatic heterocycles. The molecule has 1 aliphatic rings. The number of hydrogen-bond donors (Lipinski definition) is 2. The van der Waals surface area contributed by atoms with E-state index in [4.69, 9.17) is 10.5 Å². The monoisotopic (exact) mass is 214 g/mol. The van der Waals surface area contributed by atoms with Crippen LogP contribution in [-0.4, -0.2) is 31.2 Å². The summed E-state index contributed by atoms with van der Waals surface area (Å²) < 4.78 is 5.11. The topological polar surface area (TPSA) is 64.3 Å². The molecule has 1 amide bonds. The molecule has 0 radical (unpaired) electrons. The molecule has 0 saturated heterocycles. The number of primary amides is 1. The van der Waals surface area contributed by atoms with Crippen LogP contribution in [0.15, 0.2) is 0 Å². The molecule has 0 spiro atoms. The number of nitrogens with one attached hydrogen (secondary N) is 1. The highest BCUT2D eigenvalue weighted by atomic mass is 16.5. The minimum Gasteiger partial charge on any atom is -0.382 e. The summed E-state index contributed by atoms with van der Waals surface area (Å²) >= 11 is 0. The second kappa shape index (κ2) is 5.47. The van der Waals surface area contributed by atoms with Crippen LogP contribution in [0.5, 0.6) is 0 Å². The fourth-order valence-corrected chi connectivity index (χ4v) is 2.27. The number of ether oxygens (including phenoxy) is 1. The maximum atomic E-state index is 11.5. The van der Waals surface area contributed by atoms with Crippen molar-refractivity contribution < 1.29 is 9.53 Å². The molecule has 4 heteroatoms. The highest BCUT2D eigenvalue weighted by molar-refractivity contribution is 5.84. The van der Waals surface area contributed by atoms with Crippen LogP contribution in [0.4, 0.5) is 0 Å². The molecule has 1 fully saturated rings. The Hall–Kier alpha value is -0.610. The van der Waals surface area contributed by atoms with E-state index in [-0.39, 0.29) is 5.91 Å². The molecule has 1 saturated carbocycles. The van der Waals surface area contributed by atoms with Gasteiger partial charge < -0.3 is 10.5 Å². The molecule has 1 aliphatic carbocycles. The van der Waals surface area contributed by atoms with Crippen molar-refractivity contribution in [2.75, 3.05) is 13.7 Å². The first kappa shape index (κ1) is 12.5. The Morgan fingerprint density at radius 3 is 2.53 bits per heavy atom. The number of carbonyl (C=O) groups excluding carboxylic acids is 1. The zero-order chi connectivity index (χ0) is 11.3. The van der Waals surface area contributed by atoms with Crippen LogP contribution < -0.4 is 11.1 Å². The number of hydrogen-bond acceptors (Lipinski definition) is 3. The van der Waals surface area contributed by atoms with Crippen LogP contribution in [0.25, 0.3) is 0 Å². The van der Waals surface area contributed by atoms with E-state index in [2.05, 4.69) is 5.32 Å². The minimum absolute atomic E-state index is 0.307. The fraction of sp³-hybridized carbons (Fsp3) is 0.909. The van der Waals surface area contributed by atoms with Gasteiger partial charge in [-0.15, -0.1) is 0 Å². The summed E-state index contributed by atoms with van der Waals surface area (Å²) in [7, 11) is 1.60. The van der Waals surface area contributed by atoms with Crippen molar-refractivity contribution in [1.82, 2.24) is 5.32 Å². The predicted octanol–water partition coefficient (Wildman–Crippen LogP) is 0.799. The molecule has 0 aromatic carbocycles. The number of methoxy groups -OCH3 is 1. The smallest absolute Gasteiger partial charge is 0.240 e. The first-order valence-corrected chi connectivity index (χ1v) is 5.71. The molecule has 4 nitrogen and oxygen atoms in total. The number of nitrogens with two attached hydrogens (primary N) is 1. The number of amides is 1. The normalized spacial score (nSPS) is 21.5. The molecular formula is C11H22N2O2. The SMILES string of the molecule is CCC(COC)(NC1CCCC1)C(N)=O. The summed E-state index contributed by atoms with van der Waals surface area (Å²) in [4.78, 5) is 11.5. The predicted molar refractivity (Wildman–Crippen MR) is 59.5 cm³/mol. The van der Waals surface area contributed by atoms with E-state index < -0.39 is 5.54 Å². The Labute approximate surface area is 91.5 Å². The molecule has 3 N–H and O–H groups in total. The largest absolute Gasteiger partial charge is 0.382 e. The van der Waals surface area contributed by atoms with E-state index in [0.29, 0.717) is 19.1 Å². The van der Waals surface area contributed by atoms with Gasteiger partial charge in [0.25, 0.3) is 0 Å². The first-order chi connectivity index (χ1) is 7.14. The highest BCUT2D eigenvalue weighted by Crippen LogP contribution is 2.22. The van der Waals surface area contributed by atoms with Gasteiger partial charge in [0.15, 0.2) is 0 Å². The third-order valence-electron chi connectivity index (χ3n) is 3.30. The van der Waals surface area contributed by atoms with Crippen molar-refractivity contribution in [1.29, 1.82) is 0 Å². The van der Waals surface area contributed by atoms with E-state index in [1.54, 1.807) is 7.11 Å². The van der Waals surface area contributed by atoms with E-state index in [1.165, 1.54) is 12.8 Å². The molecule has 88 valence electrons. The molecule has 0 aromatic rings. The standard InChI is InChI=1S/C11H22N2O2/c1-3-11(8-15-2,10(12)14)13-9-6-4-5-7-9/h9,13H,3-8H2,1-2H3,(H2,12,14). The Morgan fingerprint density at radius 2 is 2.13 bits per heavy atom. The van der Waals surface area contributed by atoms with Crippen molar-refractivity contribution in [3.05, 3.63) is 0 Å². The van der Waals surface area contributed by atoms with Gasteiger partial charge >= 0.3 is 0 Å². The van der Waals surface area contributed by atoms with Crippen LogP contribution in [0.2, 0.25) is 0 Å². The summed E-state index contributed by atoms with van der Waals surface area (Å²) in [6.45, 7) is 2.32. The second-order valence-corrected chi connectivity index (χ2v) is 4.36. The summed E-state index contributed by atoms with van der Waals surface area (Å²) in [5.41, 5.74) is 4.79.